The summed E-state index contributed by atoms with van der Waals surface area (Å²) in [5.74, 6) is -6.51. The Bertz CT molecular complexity index is 3170. The van der Waals surface area contributed by atoms with Crippen molar-refractivity contribution in [2.75, 3.05) is 82.1 Å². The summed E-state index contributed by atoms with van der Waals surface area (Å²) in [4.78, 5) is 116. The van der Waals surface area contributed by atoms with E-state index in [1.807, 2.05) is 10.8 Å². The molecule has 4 heterocycles. The molecule has 0 aliphatic heterocycles. The molecule has 4 aromatic heterocycles. The average Bonchev–Trinajstić information content (AvgIpc) is 2.72. The molecule has 0 saturated heterocycles. The van der Waals surface area contributed by atoms with Crippen molar-refractivity contribution in [3.8, 4) is 21.4 Å². The highest BCUT2D eigenvalue weighted by atomic mass is 32.2. The lowest BCUT2D eigenvalue weighted by Crippen LogP contribution is -2.57. The van der Waals surface area contributed by atoms with Gasteiger partial charge in [-0.1, -0.05) is 37.3 Å². The van der Waals surface area contributed by atoms with Gasteiger partial charge in [-0.2, -0.15) is 0 Å². The molecule has 0 aliphatic rings. The summed E-state index contributed by atoms with van der Waals surface area (Å²) in [7, 11) is -2.80. The zero-order valence-electron chi connectivity index (χ0n) is 50.4. The third-order valence-corrected chi connectivity index (χ3v) is 18.1. The Morgan fingerprint density at radius 3 is 1.96 bits per heavy atom. The van der Waals surface area contributed by atoms with Crippen LogP contribution in [0, 0.1) is 12.8 Å². The molecule has 2 unspecified atom stereocenters. The van der Waals surface area contributed by atoms with Gasteiger partial charge in [-0.15, -0.1) is 34.0 Å². The topological polar surface area (TPSA) is 465 Å². The summed E-state index contributed by atoms with van der Waals surface area (Å²) in [6, 6.07) is 2.77. The van der Waals surface area contributed by atoms with E-state index in [2.05, 4.69) is 57.5 Å². The van der Waals surface area contributed by atoms with Crippen molar-refractivity contribution < 1.29 is 47.1 Å². The maximum atomic E-state index is 14.4. The van der Waals surface area contributed by atoms with Crippen LogP contribution in [0.15, 0.2) is 46.5 Å². The number of nitrogen functional groups attached to an aromatic ring is 1. The second-order valence-electron chi connectivity index (χ2n) is 21.1. The fraction of sp³-hybridized carbons (Fsp3) is 0.536. The largest absolute Gasteiger partial charge is 0.390 e. The lowest BCUT2D eigenvalue weighted by atomic mass is 9.91. The smallest absolute Gasteiger partial charge is 0.271 e. The maximum absolute atomic E-state index is 14.4. The van der Waals surface area contributed by atoms with Gasteiger partial charge in [0.1, 0.15) is 56.5 Å². The van der Waals surface area contributed by atoms with Crippen LogP contribution in [0.1, 0.15) is 101 Å². The minimum atomic E-state index is -1.61. The van der Waals surface area contributed by atoms with Crippen molar-refractivity contribution in [2.24, 2.45) is 28.9 Å². The van der Waals surface area contributed by atoms with E-state index in [-0.39, 0.29) is 72.7 Å². The number of aromatic nitrogens is 5. The van der Waals surface area contributed by atoms with Crippen molar-refractivity contribution >= 4 is 103 Å². The van der Waals surface area contributed by atoms with Crippen LogP contribution in [-0.4, -0.2) is 186 Å². The molecule has 7 amide bonds. The van der Waals surface area contributed by atoms with Crippen LogP contribution in [0.25, 0.3) is 21.4 Å². The van der Waals surface area contributed by atoms with Crippen LogP contribution in [0.5, 0.6) is 0 Å². The van der Waals surface area contributed by atoms with Crippen LogP contribution in [0.2, 0.25) is 0 Å². The zero-order chi connectivity index (χ0) is 65.0. The summed E-state index contributed by atoms with van der Waals surface area (Å²) in [6.45, 7) is 7.62. The number of unbranched alkanes of at least 4 members (excludes halogenated alkanes) is 1. The van der Waals surface area contributed by atoms with E-state index < -0.39 is 106 Å². The van der Waals surface area contributed by atoms with Crippen LogP contribution in [0.3, 0.4) is 0 Å². The number of nitrogens with one attached hydrogen (secondary N) is 8. The number of carbonyl (C=O) groups is 7. The van der Waals surface area contributed by atoms with Gasteiger partial charge < -0.3 is 76.3 Å². The van der Waals surface area contributed by atoms with Gasteiger partial charge >= 0.3 is 0 Å². The first-order valence-corrected chi connectivity index (χ1v) is 35.1. The lowest BCUT2D eigenvalue weighted by molar-refractivity contribution is -0.134. The van der Waals surface area contributed by atoms with Crippen molar-refractivity contribution in [1.82, 2.24) is 67.5 Å². The number of amides is 7. The Hall–Kier alpha value is -6.66. The molecule has 0 spiro atoms. The van der Waals surface area contributed by atoms with E-state index in [9.17, 15) is 47.1 Å². The fourth-order valence-electron chi connectivity index (χ4n) is 8.71. The number of hydrogen-bond acceptors (Lipinski definition) is 24. The zero-order valence-corrected chi connectivity index (χ0v) is 54.5. The van der Waals surface area contributed by atoms with Crippen molar-refractivity contribution in [3.63, 3.8) is 0 Å². The molecule has 0 saturated carbocycles. The Morgan fingerprint density at radius 2 is 1.30 bits per heavy atom. The number of nitrogens with zero attached hydrogens (tertiary/aromatic N) is 5. The summed E-state index contributed by atoms with van der Waals surface area (Å²) < 4.78 is 24.7. The van der Waals surface area contributed by atoms with Crippen LogP contribution in [0.4, 0.5) is 5.82 Å². The molecule has 9 atom stereocenters. The molecule has 33 heteroatoms. The molecule has 19 N–H and O–H groups in total. The standard InChI is InChI=1S/C56H84N18O10S5/c1-32-45(73-49(74-47(32)60)39(27-43(59)75)66-28-35(58)48(61)77)54(82)69-37(16-25-89(4)84)53(81)70-38(26-34-12-6-5-7-13-34)46(76)33(2)50(78)68-36(15-24-88(3)83)51(79)65-23-14-44-67-41(30-85-44)55-72-42(31-87-55)56-71-40(29-86-56)52(80)64-22-11-21-63-19-9-8-18-62-20-10-17-57/h5-7,12-13,29-31,33,35-39,46,62-63,66,76H,8-11,14-28,57-58H2,1-4H3,(H2,59,75)(H2,61,77)(H,64,80)(H,65,79)(H,68,78)(H,69,82)(H,70,81)(H2,60,73,74)/t33-,35-,36-,37-,38+,39-,46-,88?,89?/m0/s1. The normalized spacial score (nSPS) is 14.5. The Labute approximate surface area is 534 Å². The Balaban J connectivity index is 1.19. The number of carbonyl (C=O) groups excluding carboxylic acids is 7. The van der Waals surface area contributed by atoms with Crippen LogP contribution < -0.4 is 71.2 Å². The number of aliphatic hydroxyl groups is 1. The van der Waals surface area contributed by atoms with Crippen molar-refractivity contribution in [3.05, 3.63) is 79.8 Å². The van der Waals surface area contributed by atoms with Gasteiger partial charge in [-0.05, 0) is 90.2 Å². The molecule has 0 radical (unpaired) electrons. The van der Waals surface area contributed by atoms with E-state index in [4.69, 9.17) is 38.6 Å². The summed E-state index contributed by atoms with van der Waals surface area (Å²) in [5.41, 5.74) is 30.3. The second-order valence-corrected chi connectivity index (χ2v) is 26.9. The highest BCUT2D eigenvalue weighted by Gasteiger charge is 2.35. The Kier molecular flexibility index (Phi) is 31.3. The molecular weight excluding hydrogens is 1250 g/mol. The van der Waals surface area contributed by atoms with Crippen molar-refractivity contribution in [1.29, 1.82) is 0 Å². The lowest BCUT2D eigenvalue weighted by Gasteiger charge is -2.31. The maximum Gasteiger partial charge on any atom is 0.271 e. The minimum absolute atomic E-state index is 0.00655. The molecule has 5 rings (SSSR count). The predicted octanol–water partition coefficient (Wildman–Crippen LogP) is -0.979. The molecule has 89 heavy (non-hydrogen) atoms. The van der Waals surface area contributed by atoms with Gasteiger partial charge in [0, 0.05) is 99.8 Å². The monoisotopic (exact) mass is 1330 g/mol. The van der Waals surface area contributed by atoms with E-state index in [1.165, 1.54) is 60.4 Å². The number of thiazole rings is 3. The van der Waals surface area contributed by atoms with Crippen LogP contribution >= 0.6 is 34.0 Å². The molecule has 0 aliphatic carbocycles. The average molecular weight is 1330 g/mol. The summed E-state index contributed by atoms with van der Waals surface area (Å²) in [6.07, 6.45) is 4.94. The first-order valence-electron chi connectivity index (χ1n) is 29.0. The molecular formula is C56H84N18O10S5. The molecule has 0 bridgehead atoms. The van der Waals surface area contributed by atoms with Gasteiger partial charge in [-0.25, -0.2) is 24.9 Å². The van der Waals surface area contributed by atoms with E-state index >= 15 is 0 Å². The Morgan fingerprint density at radius 1 is 0.685 bits per heavy atom. The third kappa shape index (κ3) is 24.9. The number of rotatable bonds is 42. The number of primary amides is 2. The fourth-order valence-corrected chi connectivity index (χ4v) is 12.3. The first kappa shape index (κ1) is 73.1. The SMILES string of the molecule is Cc1c(N)nc([C@H](CC(N)=O)NC[C@H](N)C(N)=O)nc1C(=O)N[C@@H](CCS(C)=O)C(=O)N[C@H](Cc1ccccc1)[C@@H](O)[C@H](C)C(=O)N[C@@H](CCS(C)=O)C(=O)NCCc1nc(-c2nc(-c3nc(C(=O)NCCCNCCCCNCCCN)cs3)cs2)cs1. The highest BCUT2D eigenvalue weighted by Crippen LogP contribution is 2.31. The molecule has 488 valence electrons. The molecule has 0 fully saturated rings. The molecule has 5 aromatic rings. The quantitative estimate of drug-likeness (QED) is 0.0209. The summed E-state index contributed by atoms with van der Waals surface area (Å²) >= 11 is 4.07. The van der Waals surface area contributed by atoms with Gasteiger partial charge in [0.15, 0.2) is 0 Å². The predicted molar refractivity (Wildman–Crippen MR) is 347 cm³/mol. The number of aliphatic hydroxyl groups excluding tert-OH is 1. The van der Waals surface area contributed by atoms with Gasteiger partial charge in [0.05, 0.1) is 35.2 Å². The number of anilines is 1. The van der Waals surface area contributed by atoms with Gasteiger partial charge in [0.25, 0.3) is 11.8 Å². The highest BCUT2D eigenvalue weighted by molar-refractivity contribution is 7.84. The third-order valence-electron chi connectivity index (χ3n) is 13.9. The van der Waals surface area contributed by atoms with Gasteiger partial charge in [0.2, 0.25) is 29.5 Å². The number of hydrogen-bond donors (Lipinski definition) is 14. The van der Waals surface area contributed by atoms with Crippen molar-refractivity contribution in [2.45, 2.75) is 108 Å². The number of benzene rings is 1. The molecule has 1 aromatic carbocycles. The summed E-state index contributed by atoms with van der Waals surface area (Å²) in [5, 5.41) is 42.9. The van der Waals surface area contributed by atoms with E-state index in [1.54, 1.807) is 35.7 Å². The van der Waals surface area contributed by atoms with Crippen LogP contribution in [-0.2, 0) is 58.4 Å². The second kappa shape index (κ2) is 38.1. The molecule has 28 nitrogen and oxygen atoms in total. The minimum Gasteiger partial charge on any atom is -0.390 e. The van der Waals surface area contributed by atoms with E-state index in [0.29, 0.717) is 57.2 Å². The van der Waals surface area contributed by atoms with Gasteiger partial charge in [-0.3, -0.25) is 42.0 Å². The number of nitrogens with two attached hydrogens (primary N) is 5. The van der Waals surface area contributed by atoms with E-state index in [0.717, 1.165) is 51.9 Å². The first-order chi connectivity index (χ1) is 42.5.